The van der Waals surface area contributed by atoms with Crippen molar-refractivity contribution in [2.45, 2.75) is 25.3 Å². The van der Waals surface area contributed by atoms with Crippen LogP contribution in [0.25, 0.3) is 0 Å². The zero-order valence-corrected chi connectivity index (χ0v) is 10.1. The van der Waals surface area contributed by atoms with Gasteiger partial charge in [0.05, 0.1) is 5.92 Å². The van der Waals surface area contributed by atoms with Crippen LogP contribution in [-0.4, -0.2) is 33.3 Å². The summed E-state index contributed by atoms with van der Waals surface area (Å²) in [7, 11) is 0. The van der Waals surface area contributed by atoms with Crippen molar-refractivity contribution in [2.24, 2.45) is 17.8 Å². The summed E-state index contributed by atoms with van der Waals surface area (Å²) in [4.78, 5) is 23.3. The number of rotatable bonds is 3. The fraction of sp³-hybridized carbons (Fsp3) is 0.636. The predicted molar refractivity (Wildman–Crippen MR) is 61.9 cm³/mol. The number of aromatic nitrogens is 2. The quantitative estimate of drug-likeness (QED) is 0.694. The molecule has 4 N–H and O–H groups in total. The highest BCUT2D eigenvalue weighted by molar-refractivity contribution is 5.96. The largest absolute Gasteiger partial charge is 0.481 e. The van der Waals surface area contributed by atoms with Gasteiger partial charge in [0.15, 0.2) is 0 Å². The van der Waals surface area contributed by atoms with Crippen molar-refractivity contribution >= 4 is 17.7 Å². The molecule has 19 heavy (non-hydrogen) atoms. The number of carbonyl (C=O) groups excluding carboxylic acids is 1. The van der Waals surface area contributed by atoms with E-state index in [9.17, 15) is 14.7 Å². The van der Waals surface area contributed by atoms with Crippen molar-refractivity contribution in [3.8, 4) is 0 Å². The molecule has 1 heterocycles. The van der Waals surface area contributed by atoms with E-state index in [1.165, 1.54) is 0 Å². The van der Waals surface area contributed by atoms with Gasteiger partial charge in [0.2, 0.25) is 11.5 Å². The van der Waals surface area contributed by atoms with E-state index < -0.39 is 17.8 Å². The van der Waals surface area contributed by atoms with Gasteiger partial charge in [0, 0.05) is 6.04 Å². The third-order valence-corrected chi connectivity index (χ3v) is 4.23. The van der Waals surface area contributed by atoms with Gasteiger partial charge in [0.25, 0.3) is 5.91 Å². The number of carbonyl (C=O) groups is 2. The summed E-state index contributed by atoms with van der Waals surface area (Å²) >= 11 is 0. The van der Waals surface area contributed by atoms with E-state index in [0.29, 0.717) is 0 Å². The maximum atomic E-state index is 12.0. The highest BCUT2D eigenvalue weighted by Gasteiger charge is 2.51. The zero-order chi connectivity index (χ0) is 13.6. The van der Waals surface area contributed by atoms with Gasteiger partial charge in [-0.3, -0.25) is 9.59 Å². The molecule has 3 rings (SSSR count). The van der Waals surface area contributed by atoms with Crippen molar-refractivity contribution in [1.82, 2.24) is 15.6 Å². The summed E-state index contributed by atoms with van der Waals surface area (Å²) in [6, 6.07) is -0.361. The van der Waals surface area contributed by atoms with E-state index in [0.717, 1.165) is 19.3 Å². The molecule has 1 aromatic heterocycles. The molecule has 102 valence electrons. The molecule has 2 fully saturated rings. The molecule has 0 radical (unpaired) electrons. The Morgan fingerprint density at radius 3 is 2.68 bits per heavy atom. The van der Waals surface area contributed by atoms with Crippen LogP contribution >= 0.6 is 0 Å². The van der Waals surface area contributed by atoms with Crippen molar-refractivity contribution in [2.75, 3.05) is 5.73 Å². The maximum absolute atomic E-state index is 12.0. The molecule has 1 amide bonds. The Morgan fingerprint density at radius 2 is 2.05 bits per heavy atom. The highest BCUT2D eigenvalue weighted by Crippen LogP contribution is 2.48. The topological polar surface area (TPSA) is 131 Å². The molecule has 2 saturated carbocycles. The van der Waals surface area contributed by atoms with Crippen LogP contribution in [0, 0.1) is 17.8 Å². The molecule has 0 spiro atoms. The number of nitrogens with one attached hydrogen (secondary N) is 1. The fourth-order valence-corrected chi connectivity index (χ4v) is 3.43. The second-order valence-electron chi connectivity index (χ2n) is 5.19. The van der Waals surface area contributed by atoms with Gasteiger partial charge < -0.3 is 16.2 Å². The average Bonchev–Trinajstić information content (AvgIpc) is 3.03. The van der Waals surface area contributed by atoms with Crippen molar-refractivity contribution in [3.05, 3.63) is 5.69 Å². The molecule has 1 aromatic rings. The van der Waals surface area contributed by atoms with Crippen LogP contribution < -0.4 is 11.1 Å². The number of aliphatic carboxylic acids is 1. The number of nitrogens with two attached hydrogens (primary N) is 1. The summed E-state index contributed by atoms with van der Waals surface area (Å²) in [6.45, 7) is 0. The smallest absolute Gasteiger partial charge is 0.308 e. The van der Waals surface area contributed by atoms with E-state index in [1.54, 1.807) is 0 Å². The van der Waals surface area contributed by atoms with Gasteiger partial charge in [-0.25, -0.2) is 4.63 Å². The van der Waals surface area contributed by atoms with Crippen LogP contribution in [-0.2, 0) is 4.79 Å². The molecular formula is C11H14N4O4. The molecular weight excluding hydrogens is 252 g/mol. The summed E-state index contributed by atoms with van der Waals surface area (Å²) in [5, 5.41) is 18.8. The zero-order valence-electron chi connectivity index (χ0n) is 10.1. The van der Waals surface area contributed by atoms with Gasteiger partial charge in [-0.05, 0) is 41.4 Å². The molecule has 2 aliphatic carbocycles. The standard InChI is InChI=1S/C11H14N4O4/c12-9-8(14-19-15-9)10(16)13-7-5-2-1-4(3-5)6(7)11(17)18/h4-7H,1-3H2,(H2,12,15)(H,13,16)(H,17,18). The Bertz CT molecular complexity index is 529. The number of carboxylic acids is 1. The third kappa shape index (κ3) is 1.83. The Balaban J connectivity index is 1.77. The molecule has 0 aliphatic heterocycles. The van der Waals surface area contributed by atoms with Crippen LogP contribution in [0.2, 0.25) is 0 Å². The average molecular weight is 266 g/mol. The molecule has 8 heteroatoms. The number of amides is 1. The van der Waals surface area contributed by atoms with Gasteiger partial charge in [-0.1, -0.05) is 0 Å². The Hall–Kier alpha value is -2.12. The van der Waals surface area contributed by atoms with Crippen LogP contribution in [0.5, 0.6) is 0 Å². The molecule has 0 saturated heterocycles. The highest BCUT2D eigenvalue weighted by atomic mass is 16.6. The molecule has 8 nitrogen and oxygen atoms in total. The molecule has 0 aromatic carbocycles. The van der Waals surface area contributed by atoms with Crippen LogP contribution in [0.15, 0.2) is 4.63 Å². The minimum Gasteiger partial charge on any atom is -0.481 e. The molecule has 4 unspecified atom stereocenters. The summed E-state index contributed by atoms with van der Waals surface area (Å²) in [5.74, 6) is -1.63. The van der Waals surface area contributed by atoms with Gasteiger partial charge in [0.1, 0.15) is 0 Å². The predicted octanol–water partition coefficient (Wildman–Crippen LogP) is -0.119. The third-order valence-electron chi connectivity index (χ3n) is 4.23. The summed E-state index contributed by atoms with van der Waals surface area (Å²) in [5.41, 5.74) is 5.35. The summed E-state index contributed by atoms with van der Waals surface area (Å²) in [6.07, 6.45) is 2.72. The SMILES string of the molecule is Nc1nonc1C(=O)NC1C2CCC(C2)C1C(=O)O. The lowest BCUT2D eigenvalue weighted by Gasteiger charge is -2.28. The lowest BCUT2D eigenvalue weighted by Crippen LogP contribution is -2.47. The first-order valence-electron chi connectivity index (χ1n) is 6.19. The summed E-state index contributed by atoms with van der Waals surface area (Å²) < 4.78 is 4.36. The fourth-order valence-electron chi connectivity index (χ4n) is 3.43. The lowest BCUT2D eigenvalue weighted by atomic mass is 9.84. The number of fused-ring (bicyclic) bond motifs is 2. The van der Waals surface area contributed by atoms with E-state index in [1.807, 2.05) is 0 Å². The molecule has 4 atom stereocenters. The maximum Gasteiger partial charge on any atom is 0.308 e. The Labute approximate surface area is 108 Å². The monoisotopic (exact) mass is 266 g/mol. The number of nitrogen functional groups attached to an aromatic ring is 1. The minimum absolute atomic E-state index is 0.0902. The van der Waals surface area contributed by atoms with Gasteiger partial charge >= 0.3 is 5.97 Å². The van der Waals surface area contributed by atoms with Crippen molar-refractivity contribution in [3.63, 3.8) is 0 Å². The minimum atomic E-state index is -0.858. The van der Waals surface area contributed by atoms with E-state index >= 15 is 0 Å². The lowest BCUT2D eigenvalue weighted by molar-refractivity contribution is -0.144. The number of hydrogen-bond acceptors (Lipinski definition) is 6. The van der Waals surface area contributed by atoms with Crippen molar-refractivity contribution in [1.29, 1.82) is 0 Å². The number of anilines is 1. The van der Waals surface area contributed by atoms with Gasteiger partial charge in [-0.15, -0.1) is 0 Å². The normalized spacial score (nSPS) is 32.4. The van der Waals surface area contributed by atoms with Crippen LogP contribution in [0.3, 0.4) is 0 Å². The van der Waals surface area contributed by atoms with E-state index in [4.69, 9.17) is 5.73 Å². The van der Waals surface area contributed by atoms with Crippen molar-refractivity contribution < 1.29 is 19.3 Å². The van der Waals surface area contributed by atoms with E-state index in [2.05, 4.69) is 20.3 Å². The van der Waals surface area contributed by atoms with Crippen LogP contribution in [0.4, 0.5) is 5.82 Å². The second-order valence-corrected chi connectivity index (χ2v) is 5.19. The number of nitrogens with zero attached hydrogens (tertiary/aromatic N) is 2. The number of hydrogen-bond donors (Lipinski definition) is 3. The Kier molecular flexibility index (Phi) is 2.65. The first-order valence-corrected chi connectivity index (χ1v) is 6.19. The van der Waals surface area contributed by atoms with Crippen LogP contribution in [0.1, 0.15) is 29.8 Å². The van der Waals surface area contributed by atoms with E-state index in [-0.39, 0.29) is 29.4 Å². The number of carboxylic acid groups (broad SMARTS) is 1. The Morgan fingerprint density at radius 1 is 1.32 bits per heavy atom. The van der Waals surface area contributed by atoms with Gasteiger partial charge in [-0.2, -0.15) is 0 Å². The molecule has 2 bridgehead atoms. The first kappa shape index (κ1) is 11.9. The first-order chi connectivity index (χ1) is 9.08. The molecule has 2 aliphatic rings. The second kappa shape index (κ2) is 4.22.